The first-order chi connectivity index (χ1) is 17.0. The van der Waals surface area contributed by atoms with Crippen molar-refractivity contribution >= 4 is 40.6 Å². The average Bonchev–Trinajstić information content (AvgIpc) is 3.39. The van der Waals surface area contributed by atoms with E-state index in [4.69, 9.17) is 4.74 Å². The second-order valence-corrected chi connectivity index (χ2v) is 10.6. The van der Waals surface area contributed by atoms with Gasteiger partial charge >= 0.3 is 4.87 Å². The van der Waals surface area contributed by atoms with Gasteiger partial charge in [-0.1, -0.05) is 77.7 Å². The molecule has 2 amide bonds. The smallest absolute Gasteiger partial charge is 0.305 e. The summed E-state index contributed by atoms with van der Waals surface area (Å²) in [5.74, 6) is -0.850. The number of nitrogens with zero attached hydrogens (tertiary/aromatic N) is 1. The summed E-state index contributed by atoms with van der Waals surface area (Å²) in [5, 5.41) is 0.0669. The molecule has 1 fully saturated rings. The van der Waals surface area contributed by atoms with Gasteiger partial charge in [0.1, 0.15) is 11.0 Å². The number of anilines is 1. The maximum absolute atomic E-state index is 13.8. The number of imide groups is 1. The fraction of sp³-hybridized carbons (Fsp3) is 0.148. The molecule has 1 saturated heterocycles. The summed E-state index contributed by atoms with van der Waals surface area (Å²) < 4.78 is 5.21. The lowest BCUT2D eigenvalue weighted by Crippen LogP contribution is -2.32. The van der Waals surface area contributed by atoms with E-state index in [-0.39, 0.29) is 22.6 Å². The topological polar surface area (TPSA) is 79.5 Å². The normalized spacial score (nSPS) is 21.1. The minimum absolute atomic E-state index is 0.180. The van der Waals surface area contributed by atoms with Crippen molar-refractivity contribution in [2.24, 2.45) is 5.92 Å². The number of nitrogens with one attached hydrogen (secondary N) is 1. The number of carbonyl (C=O) groups excluding carboxylic acids is 2. The van der Waals surface area contributed by atoms with Crippen molar-refractivity contribution in [3.8, 4) is 16.9 Å². The number of fused-ring (bicyclic) bond motifs is 2. The van der Waals surface area contributed by atoms with Gasteiger partial charge in [0.25, 0.3) is 0 Å². The van der Waals surface area contributed by atoms with Gasteiger partial charge in [-0.2, -0.15) is 0 Å². The number of benzene rings is 3. The van der Waals surface area contributed by atoms with Crippen LogP contribution in [0.1, 0.15) is 16.4 Å². The molecule has 35 heavy (non-hydrogen) atoms. The Morgan fingerprint density at radius 2 is 1.51 bits per heavy atom. The van der Waals surface area contributed by atoms with Crippen LogP contribution in [0.4, 0.5) is 5.69 Å². The highest BCUT2D eigenvalue weighted by molar-refractivity contribution is 8.00. The zero-order chi connectivity index (χ0) is 24.1. The number of H-pyrrole nitrogens is 1. The molecular formula is C27H20N2O4S2. The number of ether oxygens (including phenoxy) is 1. The van der Waals surface area contributed by atoms with Gasteiger partial charge in [0, 0.05) is 10.8 Å². The maximum atomic E-state index is 13.8. The Hall–Kier alpha value is -3.62. The van der Waals surface area contributed by atoms with Gasteiger partial charge in [0.05, 0.1) is 23.7 Å². The molecule has 2 aliphatic rings. The number of aromatic nitrogens is 1. The van der Waals surface area contributed by atoms with E-state index in [2.05, 4.69) is 4.98 Å². The molecule has 3 heterocycles. The maximum Gasteiger partial charge on any atom is 0.305 e. The highest BCUT2D eigenvalue weighted by atomic mass is 32.2. The van der Waals surface area contributed by atoms with Crippen LogP contribution in [-0.2, 0) is 9.59 Å². The molecule has 174 valence electrons. The number of methoxy groups -OCH3 is 1. The number of amides is 2. The number of hydrogen-bond acceptors (Lipinski definition) is 6. The Kier molecular flexibility index (Phi) is 5.35. The number of rotatable bonds is 4. The van der Waals surface area contributed by atoms with Crippen LogP contribution in [0, 0.1) is 5.92 Å². The molecular weight excluding hydrogens is 480 g/mol. The molecule has 4 aromatic rings. The van der Waals surface area contributed by atoms with Crippen LogP contribution < -0.4 is 14.5 Å². The lowest BCUT2D eigenvalue weighted by atomic mass is 9.82. The van der Waals surface area contributed by atoms with E-state index in [9.17, 15) is 14.4 Å². The summed E-state index contributed by atoms with van der Waals surface area (Å²) in [6.45, 7) is 0. The molecule has 6 nitrogen and oxygen atoms in total. The third kappa shape index (κ3) is 3.61. The van der Waals surface area contributed by atoms with Gasteiger partial charge < -0.3 is 9.72 Å². The first kappa shape index (κ1) is 21.9. The van der Waals surface area contributed by atoms with Crippen LogP contribution in [0.5, 0.6) is 5.75 Å². The number of thiazole rings is 1. The number of hydrogen-bond donors (Lipinski definition) is 1. The van der Waals surface area contributed by atoms with E-state index in [1.54, 1.807) is 31.4 Å². The second-order valence-electron chi connectivity index (χ2n) is 8.45. The number of carbonyl (C=O) groups is 2. The molecule has 3 aromatic carbocycles. The van der Waals surface area contributed by atoms with E-state index in [0.29, 0.717) is 16.5 Å². The van der Waals surface area contributed by atoms with E-state index in [0.717, 1.165) is 32.9 Å². The van der Waals surface area contributed by atoms with Gasteiger partial charge in [0.15, 0.2) is 0 Å². The van der Waals surface area contributed by atoms with E-state index in [1.165, 1.54) is 16.7 Å². The summed E-state index contributed by atoms with van der Waals surface area (Å²) in [7, 11) is 1.57. The van der Waals surface area contributed by atoms with E-state index < -0.39 is 11.2 Å². The number of aromatic amines is 1. The Balaban J connectivity index is 1.42. The van der Waals surface area contributed by atoms with Crippen molar-refractivity contribution in [2.45, 2.75) is 16.2 Å². The molecule has 1 aromatic heterocycles. The lowest BCUT2D eigenvalue weighted by Gasteiger charge is -2.29. The zero-order valence-electron chi connectivity index (χ0n) is 18.6. The van der Waals surface area contributed by atoms with Crippen LogP contribution in [0.15, 0.2) is 88.7 Å². The summed E-state index contributed by atoms with van der Waals surface area (Å²) in [6, 6.07) is 25.0. The molecule has 0 bridgehead atoms. The molecule has 0 saturated carbocycles. The fourth-order valence-electron chi connectivity index (χ4n) is 4.88. The van der Waals surface area contributed by atoms with Gasteiger partial charge in [0.2, 0.25) is 11.8 Å². The third-order valence-corrected chi connectivity index (χ3v) is 8.93. The fourth-order valence-corrected chi connectivity index (χ4v) is 7.39. The monoisotopic (exact) mass is 500 g/mol. The Labute approximate surface area is 209 Å². The molecule has 2 aliphatic heterocycles. The first-order valence-electron chi connectivity index (χ1n) is 11.1. The quantitative estimate of drug-likeness (QED) is 0.403. The summed E-state index contributed by atoms with van der Waals surface area (Å²) >= 11 is 2.40. The summed E-state index contributed by atoms with van der Waals surface area (Å²) in [5.41, 5.74) is 3.59. The van der Waals surface area contributed by atoms with Gasteiger partial charge in [-0.15, -0.1) is 0 Å². The average molecular weight is 501 g/mol. The predicted octanol–water partition coefficient (Wildman–Crippen LogP) is 4.91. The van der Waals surface area contributed by atoms with Gasteiger partial charge in [-0.25, -0.2) is 4.90 Å². The van der Waals surface area contributed by atoms with Crippen molar-refractivity contribution in [2.75, 3.05) is 12.0 Å². The van der Waals surface area contributed by atoms with Crippen molar-refractivity contribution in [3.05, 3.63) is 99.0 Å². The Morgan fingerprint density at radius 1 is 0.829 bits per heavy atom. The zero-order valence-corrected chi connectivity index (χ0v) is 20.3. The van der Waals surface area contributed by atoms with Gasteiger partial charge in [-0.3, -0.25) is 14.4 Å². The van der Waals surface area contributed by atoms with Crippen molar-refractivity contribution in [1.82, 2.24) is 4.98 Å². The lowest BCUT2D eigenvalue weighted by molar-refractivity contribution is -0.122. The molecule has 0 radical (unpaired) electrons. The molecule has 2 unspecified atom stereocenters. The van der Waals surface area contributed by atoms with Crippen molar-refractivity contribution in [1.29, 1.82) is 0 Å². The Bertz CT molecular complexity index is 1480. The van der Waals surface area contributed by atoms with Crippen LogP contribution in [0.3, 0.4) is 0 Å². The minimum atomic E-state index is -0.610. The predicted molar refractivity (Wildman–Crippen MR) is 137 cm³/mol. The van der Waals surface area contributed by atoms with Crippen LogP contribution >= 0.6 is 23.1 Å². The molecule has 0 spiro atoms. The van der Waals surface area contributed by atoms with Crippen LogP contribution in [0.2, 0.25) is 0 Å². The minimum Gasteiger partial charge on any atom is -0.497 e. The standard InChI is InChI=1S/C27H20N2O4S2/c1-33-19-13-11-18(12-14-19)29-25(30)21-20(22-24(28-27(32)35-22)34-23(21)26(29)31)17-9-7-16(8-10-17)15-5-3-2-4-6-15/h2-14,20-21,23H,1H3,(H,28,32)/t20-,21?,23?/m1/s1. The summed E-state index contributed by atoms with van der Waals surface area (Å²) in [4.78, 5) is 44.3. The molecule has 8 heteroatoms. The second kappa shape index (κ2) is 8.55. The Morgan fingerprint density at radius 3 is 2.20 bits per heavy atom. The highest BCUT2D eigenvalue weighted by Gasteiger charge is 2.56. The van der Waals surface area contributed by atoms with Crippen LogP contribution in [0.25, 0.3) is 11.1 Å². The van der Waals surface area contributed by atoms with Crippen molar-refractivity contribution in [3.63, 3.8) is 0 Å². The highest BCUT2D eigenvalue weighted by Crippen LogP contribution is 2.53. The van der Waals surface area contributed by atoms with Crippen LogP contribution in [-0.4, -0.2) is 29.2 Å². The third-order valence-electron chi connectivity index (χ3n) is 6.53. The SMILES string of the molecule is COc1ccc(N2C(=O)C3Sc4[nH]c(=O)sc4[C@H](c4ccc(-c5ccccc5)cc4)C3C2=O)cc1. The molecule has 1 N–H and O–H groups in total. The molecule has 6 rings (SSSR count). The number of thioether (sulfide) groups is 1. The first-order valence-corrected chi connectivity index (χ1v) is 12.8. The molecule has 0 aliphatic carbocycles. The molecule has 3 atom stereocenters. The summed E-state index contributed by atoms with van der Waals surface area (Å²) in [6.07, 6.45) is 0. The van der Waals surface area contributed by atoms with Gasteiger partial charge in [-0.05, 0) is 41.0 Å². The van der Waals surface area contributed by atoms with E-state index >= 15 is 0 Å². The largest absolute Gasteiger partial charge is 0.497 e. The van der Waals surface area contributed by atoms with Crippen molar-refractivity contribution < 1.29 is 14.3 Å². The van der Waals surface area contributed by atoms with E-state index in [1.807, 2.05) is 54.6 Å².